The van der Waals surface area contributed by atoms with E-state index in [1.54, 1.807) is 0 Å². The second-order valence-electron chi connectivity index (χ2n) is 5.70. The van der Waals surface area contributed by atoms with Crippen molar-refractivity contribution >= 4 is 21.7 Å². The quantitative estimate of drug-likeness (QED) is 0.818. The van der Waals surface area contributed by atoms with E-state index in [1.165, 1.54) is 37.1 Å². The molecule has 1 saturated heterocycles. The lowest BCUT2D eigenvalue weighted by Crippen LogP contribution is -2.34. The number of nitrogens with one attached hydrogen (secondary N) is 1. The Morgan fingerprint density at radius 2 is 2.25 bits per heavy atom. The van der Waals surface area contributed by atoms with E-state index in [-0.39, 0.29) is 0 Å². The molecule has 0 radical (unpaired) electrons. The average Bonchev–Trinajstić information content (AvgIpc) is 2.64. The summed E-state index contributed by atoms with van der Waals surface area (Å²) in [6, 6.07) is 2.80. The zero-order chi connectivity index (χ0) is 14.4. The summed E-state index contributed by atoms with van der Waals surface area (Å²) in [5, 5.41) is 3.50. The standard InChI is InChI=1S/C16H26BrN3/c1-3-8-18-11-14-10-15(17)12-19-16(14)20-9-6-4-5-7-13(20)2/h10,12-13,18H,3-9,11H2,1-2H3. The molecule has 4 heteroatoms. The molecular formula is C16H26BrN3. The molecule has 0 spiro atoms. The van der Waals surface area contributed by atoms with Gasteiger partial charge in [-0.25, -0.2) is 4.98 Å². The summed E-state index contributed by atoms with van der Waals surface area (Å²) in [7, 11) is 0. The third-order valence-corrected chi connectivity index (χ3v) is 4.41. The molecule has 1 aromatic rings. The lowest BCUT2D eigenvalue weighted by molar-refractivity contribution is 0.604. The second-order valence-corrected chi connectivity index (χ2v) is 6.62. The summed E-state index contributed by atoms with van der Waals surface area (Å²) in [4.78, 5) is 7.21. The molecule has 1 aliphatic heterocycles. The molecule has 3 nitrogen and oxygen atoms in total. The fraction of sp³-hybridized carbons (Fsp3) is 0.688. The van der Waals surface area contributed by atoms with Crippen molar-refractivity contribution in [3.05, 3.63) is 22.3 Å². The fourth-order valence-corrected chi connectivity index (χ4v) is 3.23. The number of rotatable bonds is 5. The van der Waals surface area contributed by atoms with Gasteiger partial charge in [-0.1, -0.05) is 19.8 Å². The zero-order valence-corrected chi connectivity index (χ0v) is 14.2. The highest BCUT2D eigenvalue weighted by Crippen LogP contribution is 2.27. The Morgan fingerprint density at radius 3 is 3.05 bits per heavy atom. The van der Waals surface area contributed by atoms with Crippen LogP contribution in [0, 0.1) is 0 Å². The Hall–Kier alpha value is -0.610. The van der Waals surface area contributed by atoms with Gasteiger partial charge in [0.2, 0.25) is 0 Å². The maximum Gasteiger partial charge on any atom is 0.133 e. The zero-order valence-electron chi connectivity index (χ0n) is 12.7. The van der Waals surface area contributed by atoms with Crippen molar-refractivity contribution in [2.75, 3.05) is 18.0 Å². The van der Waals surface area contributed by atoms with Crippen LogP contribution in [0.4, 0.5) is 5.82 Å². The molecule has 20 heavy (non-hydrogen) atoms. The molecule has 2 rings (SSSR count). The molecule has 0 saturated carbocycles. The monoisotopic (exact) mass is 339 g/mol. The van der Waals surface area contributed by atoms with E-state index < -0.39 is 0 Å². The van der Waals surface area contributed by atoms with Gasteiger partial charge in [-0.15, -0.1) is 0 Å². The molecular weight excluding hydrogens is 314 g/mol. The van der Waals surface area contributed by atoms with Gasteiger partial charge >= 0.3 is 0 Å². The topological polar surface area (TPSA) is 28.2 Å². The number of anilines is 1. The maximum atomic E-state index is 4.71. The van der Waals surface area contributed by atoms with Gasteiger partial charge in [0.15, 0.2) is 0 Å². The molecule has 1 N–H and O–H groups in total. The van der Waals surface area contributed by atoms with E-state index in [1.807, 2.05) is 6.20 Å². The van der Waals surface area contributed by atoms with Gasteiger partial charge in [0.25, 0.3) is 0 Å². The van der Waals surface area contributed by atoms with Gasteiger partial charge in [-0.3, -0.25) is 0 Å². The summed E-state index contributed by atoms with van der Waals surface area (Å²) in [6.45, 7) is 7.62. The van der Waals surface area contributed by atoms with Gasteiger partial charge in [0.1, 0.15) is 5.82 Å². The van der Waals surface area contributed by atoms with E-state index >= 15 is 0 Å². The summed E-state index contributed by atoms with van der Waals surface area (Å²) >= 11 is 3.55. The van der Waals surface area contributed by atoms with Gasteiger partial charge in [-0.2, -0.15) is 0 Å². The number of hydrogen-bond acceptors (Lipinski definition) is 3. The molecule has 0 bridgehead atoms. The minimum absolute atomic E-state index is 0.594. The third kappa shape index (κ3) is 4.19. The molecule has 0 amide bonds. The molecule has 1 fully saturated rings. The lowest BCUT2D eigenvalue weighted by atomic mass is 10.1. The maximum absolute atomic E-state index is 4.71. The van der Waals surface area contributed by atoms with Crippen molar-refractivity contribution in [2.24, 2.45) is 0 Å². The van der Waals surface area contributed by atoms with Gasteiger partial charge in [-0.05, 0) is 54.7 Å². The predicted octanol–water partition coefficient (Wildman–Crippen LogP) is 4.11. The Morgan fingerprint density at radius 1 is 1.40 bits per heavy atom. The van der Waals surface area contributed by atoms with E-state index in [0.29, 0.717) is 6.04 Å². The second kappa shape index (κ2) is 7.99. The van der Waals surface area contributed by atoms with E-state index in [0.717, 1.165) is 30.5 Å². The Kier molecular flexibility index (Phi) is 6.30. The first kappa shape index (κ1) is 15.8. The van der Waals surface area contributed by atoms with Crippen molar-refractivity contribution in [3.8, 4) is 0 Å². The minimum atomic E-state index is 0.594. The van der Waals surface area contributed by atoms with E-state index in [4.69, 9.17) is 4.98 Å². The highest BCUT2D eigenvalue weighted by atomic mass is 79.9. The summed E-state index contributed by atoms with van der Waals surface area (Å²) in [5.41, 5.74) is 1.31. The molecule has 0 aromatic carbocycles. The fourth-order valence-electron chi connectivity index (χ4n) is 2.85. The summed E-state index contributed by atoms with van der Waals surface area (Å²) in [5.74, 6) is 1.17. The van der Waals surface area contributed by atoms with Crippen LogP contribution in [0.1, 0.15) is 51.5 Å². The Bertz CT molecular complexity index is 422. The van der Waals surface area contributed by atoms with Crippen molar-refractivity contribution in [1.29, 1.82) is 0 Å². The number of pyridine rings is 1. The number of halogens is 1. The largest absolute Gasteiger partial charge is 0.354 e. The van der Waals surface area contributed by atoms with Crippen LogP contribution < -0.4 is 10.2 Å². The number of hydrogen-bond donors (Lipinski definition) is 1. The van der Waals surface area contributed by atoms with Crippen molar-refractivity contribution in [3.63, 3.8) is 0 Å². The van der Waals surface area contributed by atoms with E-state index in [9.17, 15) is 0 Å². The molecule has 2 heterocycles. The minimum Gasteiger partial charge on any atom is -0.354 e. The van der Waals surface area contributed by atoms with Crippen molar-refractivity contribution in [2.45, 2.75) is 58.5 Å². The van der Waals surface area contributed by atoms with Crippen LogP contribution in [0.5, 0.6) is 0 Å². The Labute approximate surface area is 131 Å². The highest BCUT2D eigenvalue weighted by molar-refractivity contribution is 9.10. The van der Waals surface area contributed by atoms with Crippen LogP contribution in [-0.4, -0.2) is 24.1 Å². The first-order valence-corrected chi connectivity index (χ1v) is 8.63. The SMILES string of the molecule is CCCNCc1cc(Br)cnc1N1CCCCCC1C. The first-order valence-electron chi connectivity index (χ1n) is 7.84. The molecule has 1 aromatic heterocycles. The molecule has 1 atom stereocenters. The van der Waals surface area contributed by atoms with Gasteiger partial charge < -0.3 is 10.2 Å². The first-order chi connectivity index (χ1) is 9.72. The van der Waals surface area contributed by atoms with Crippen LogP contribution in [0.3, 0.4) is 0 Å². The lowest BCUT2D eigenvalue weighted by Gasteiger charge is -2.30. The van der Waals surface area contributed by atoms with Gasteiger partial charge in [0.05, 0.1) is 0 Å². The molecule has 1 aliphatic rings. The molecule has 112 valence electrons. The van der Waals surface area contributed by atoms with Crippen LogP contribution in [0.15, 0.2) is 16.7 Å². The molecule has 1 unspecified atom stereocenters. The summed E-state index contributed by atoms with van der Waals surface area (Å²) in [6.07, 6.45) is 8.34. The predicted molar refractivity (Wildman–Crippen MR) is 89.2 cm³/mol. The van der Waals surface area contributed by atoms with Crippen molar-refractivity contribution < 1.29 is 0 Å². The van der Waals surface area contributed by atoms with Crippen LogP contribution in [0.2, 0.25) is 0 Å². The van der Waals surface area contributed by atoms with Crippen molar-refractivity contribution in [1.82, 2.24) is 10.3 Å². The third-order valence-electron chi connectivity index (χ3n) is 3.98. The highest BCUT2D eigenvalue weighted by Gasteiger charge is 2.20. The van der Waals surface area contributed by atoms with Crippen LogP contribution in [-0.2, 0) is 6.54 Å². The smallest absolute Gasteiger partial charge is 0.133 e. The summed E-state index contributed by atoms with van der Waals surface area (Å²) < 4.78 is 1.07. The van der Waals surface area contributed by atoms with Crippen LogP contribution in [0.25, 0.3) is 0 Å². The Balaban J connectivity index is 2.19. The number of nitrogens with zero attached hydrogens (tertiary/aromatic N) is 2. The van der Waals surface area contributed by atoms with Gasteiger partial charge in [0, 0.05) is 35.4 Å². The number of aromatic nitrogens is 1. The normalized spacial score (nSPS) is 19.9. The van der Waals surface area contributed by atoms with E-state index in [2.05, 4.69) is 46.1 Å². The average molecular weight is 340 g/mol. The molecule has 0 aliphatic carbocycles. The van der Waals surface area contributed by atoms with Crippen LogP contribution >= 0.6 is 15.9 Å².